The van der Waals surface area contributed by atoms with E-state index in [0.717, 1.165) is 170 Å². The Kier molecular flexibility index (Phi) is 62.4. The molecule has 141 heavy (non-hydrogen) atoms. The smallest absolute Gasteiger partial charge is 0.276 e. The van der Waals surface area contributed by atoms with Gasteiger partial charge in [0.15, 0.2) is 0 Å². The third-order valence-corrected chi connectivity index (χ3v) is 36.5. The topological polar surface area (TPSA) is 204 Å². The van der Waals surface area contributed by atoms with E-state index in [9.17, 15) is 19.2 Å². The second kappa shape index (κ2) is 72.1. The summed E-state index contributed by atoms with van der Waals surface area (Å²) in [5.74, 6) is 12.4. The number of benzene rings is 3. The fourth-order valence-corrected chi connectivity index (χ4v) is 28.0. The summed E-state index contributed by atoms with van der Waals surface area (Å²) in [5.41, 5.74) is 10.4. The first-order valence-electron chi connectivity index (χ1n) is 58.2. The van der Waals surface area contributed by atoms with Gasteiger partial charge in [0.2, 0.25) is 0 Å². The number of nitrogen functional groups attached to an aromatic ring is 1. The zero-order valence-electron chi connectivity index (χ0n) is 88.9. The van der Waals surface area contributed by atoms with Crippen molar-refractivity contribution in [3.63, 3.8) is 0 Å². The molecule has 5 aromatic heterocycles. The van der Waals surface area contributed by atoms with Crippen molar-refractivity contribution in [2.45, 2.75) is 479 Å². The summed E-state index contributed by atoms with van der Waals surface area (Å²) in [5, 5.41) is 23.6. The van der Waals surface area contributed by atoms with Crippen molar-refractivity contribution >= 4 is 116 Å². The summed E-state index contributed by atoms with van der Waals surface area (Å²) in [4.78, 5) is 50.2. The van der Waals surface area contributed by atoms with Crippen LogP contribution in [0.5, 0.6) is 0 Å². The van der Waals surface area contributed by atoms with E-state index in [2.05, 4.69) is 97.2 Å². The summed E-state index contributed by atoms with van der Waals surface area (Å²) in [6.45, 7) is 16.8. The van der Waals surface area contributed by atoms with Crippen LogP contribution in [0.1, 0.15) is 459 Å². The van der Waals surface area contributed by atoms with Gasteiger partial charge in [-0.1, -0.05) is 438 Å². The number of aromatic nitrogens is 9. The Hall–Kier alpha value is -4.34. The second-order valence-electron chi connectivity index (χ2n) is 42.8. The molecule has 20 heteroatoms. The summed E-state index contributed by atoms with van der Waals surface area (Å²) < 4.78 is 8.51. The average molecular weight is 2380 g/mol. The molecule has 0 unspecified atom stereocenters. The van der Waals surface area contributed by atoms with Crippen molar-refractivity contribution in [1.29, 1.82) is 0 Å². The van der Waals surface area contributed by atoms with Crippen LogP contribution >= 0.6 is 77.0 Å². The van der Waals surface area contributed by atoms with Gasteiger partial charge in [0, 0.05) is 90.9 Å². The molecule has 12 fully saturated rings. The van der Waals surface area contributed by atoms with Crippen molar-refractivity contribution in [2.24, 2.45) is 76.4 Å². The van der Waals surface area contributed by atoms with Gasteiger partial charge in [-0.3, -0.25) is 19.2 Å². The number of halogens is 4. The molecular weight excluding hydrogens is 2190 g/mol. The zero-order valence-corrected chi connectivity index (χ0v) is 98.0. The minimum absolute atomic E-state index is 0. The van der Waals surface area contributed by atoms with Crippen LogP contribution in [0, 0.1) is 83.6 Å². The van der Waals surface area contributed by atoms with Gasteiger partial charge in [-0.15, -0.1) is 0 Å². The summed E-state index contributed by atoms with van der Waals surface area (Å²) in [6, 6.07) is 28.1. The minimum atomic E-state index is -0.156. The van der Waals surface area contributed by atoms with Crippen LogP contribution in [0.25, 0.3) is 21.8 Å². The molecule has 5 heterocycles. The van der Waals surface area contributed by atoms with Gasteiger partial charge in [0.1, 0.15) is 0 Å². The Morgan fingerprint density at radius 1 is 0.369 bits per heavy atom. The van der Waals surface area contributed by atoms with Crippen LogP contribution in [0.4, 0.5) is 17.1 Å². The van der Waals surface area contributed by atoms with Crippen molar-refractivity contribution in [1.82, 2.24) is 44.5 Å². The van der Waals surface area contributed by atoms with Gasteiger partial charge in [-0.25, -0.2) is 19.1 Å². The number of rotatable bonds is 18. The fraction of sp³-hybridized carbons (Fsp3) is 0.719. The number of hydrogen-bond acceptors (Lipinski definition) is 10. The van der Waals surface area contributed by atoms with Crippen LogP contribution in [0.3, 0.4) is 0 Å². The molecule has 0 atom stereocenters. The Balaban J connectivity index is 0.000000196. The molecule has 15 nitrogen and oxygen atoms in total. The van der Waals surface area contributed by atoms with Crippen LogP contribution in [-0.2, 0) is 40.1 Å². The summed E-state index contributed by atoms with van der Waals surface area (Å²) in [7, 11) is 0. The van der Waals surface area contributed by atoms with E-state index < -0.39 is 0 Å². The van der Waals surface area contributed by atoms with Gasteiger partial charge < -0.3 is 16.0 Å². The molecule has 12 aliphatic carbocycles. The number of anilines is 3. The first kappa shape index (κ1) is 122. The Bertz CT molecular complexity index is 4620. The standard InChI is InChI=1S/C21H38.C18H22BrN3O.C18H21N3O.C12H17IN2O.3C12H22.C6H6BrN.C4H3IN2O.3C2H6.Pd/c1-2-21(18-12-6-3-7-13-18,19-14-8-4-9-15-19)20-16-10-5-11-17-20;19-16-8-4-5-9-17(16)21-15-12-18(23)22(20-13-15)11-10-14-6-2-1-3-7-14;22-18-17-14-8-4-5-9-15(14)20-16(17)12-19-21(18)11-10-13-6-2-1-3-7-13;13-11-8-12(16)15(14-9-11)7-6-10-4-2-1-3-5-10;3*1-3-7-11(8-4-1)12-9-5-2-6-10-12;7-5-3-1-2-4-6(5)8;5-3-1-4(8)7-6-2-3;3*1-2;/h18-20H,2-17H2,1H3;4-5,8-9,12-14,21H,1-3,6-7,10-11H2;4-5,8-9,12-13,20H,1-3,6-7,10-11H2;8-10H,1-7H2;3*11-12H,1-10H2;1-4H,8H2;1-2H,(H,7,8);3*1-2H3;. The first-order chi connectivity index (χ1) is 68.7. The maximum absolute atomic E-state index is 12.8. The number of para-hydroxylation sites is 3. The average Bonchev–Trinajstić information content (AvgIpc) is 1.26. The molecule has 0 amide bonds. The van der Waals surface area contributed by atoms with E-state index in [1.54, 1.807) is 167 Å². The number of fused-ring (bicyclic) bond motifs is 3. The predicted molar refractivity (Wildman–Crippen MR) is 621 cm³/mol. The molecule has 0 saturated heterocycles. The van der Waals surface area contributed by atoms with E-state index in [0.29, 0.717) is 0 Å². The van der Waals surface area contributed by atoms with Crippen LogP contribution in [-0.4, -0.2) is 44.5 Å². The molecule has 0 aliphatic heterocycles. The van der Waals surface area contributed by atoms with Crippen molar-refractivity contribution in [2.75, 3.05) is 11.1 Å². The van der Waals surface area contributed by atoms with Gasteiger partial charge in [-0.05, 0) is 248 Å². The van der Waals surface area contributed by atoms with Gasteiger partial charge in [0.05, 0.1) is 47.1 Å². The number of aryl methyl sites for hydroxylation is 3. The first-order valence-corrected chi connectivity index (χ1v) is 61.9. The number of nitrogens with two attached hydrogens (primary N) is 1. The van der Waals surface area contributed by atoms with Gasteiger partial charge in [0.25, 0.3) is 22.2 Å². The van der Waals surface area contributed by atoms with Crippen molar-refractivity contribution < 1.29 is 20.4 Å². The number of aromatic amines is 2. The van der Waals surface area contributed by atoms with E-state index >= 15 is 0 Å². The fourth-order valence-electron chi connectivity index (χ4n) is 26.5. The van der Waals surface area contributed by atoms with E-state index in [4.69, 9.17) is 5.73 Å². The van der Waals surface area contributed by atoms with E-state index in [1.807, 2.05) is 137 Å². The molecule has 20 rings (SSSR count). The molecule has 3 aromatic carbocycles. The SMILES string of the molecule is C1CCC(C2CCCCC2)CC1.C1CCC(C2CCCCC2)CC1.C1CCC(C2CCCCC2)CC1.CC.CC.CC.CCC(C1CCCCC1)(C1CCCCC1)C1CCCCC1.Nc1ccccc1Br.O=c1c2c(cnn1CCC1CCCCC1)[nH]c1ccccc12.O=c1cc(I)cn[nH]1.O=c1cc(I)cnn1CCC1CCCCC1.O=c1cc(Nc2ccccc2Br)cnn1CCC1CCCCC1.[Pd]. The maximum atomic E-state index is 12.8. The van der Waals surface area contributed by atoms with Gasteiger partial charge >= 0.3 is 0 Å². The molecule has 12 aliphatic rings. The third kappa shape index (κ3) is 42.9. The third-order valence-electron chi connectivity index (χ3n) is 33.9. The number of nitrogens with one attached hydrogen (secondary N) is 3. The van der Waals surface area contributed by atoms with Crippen molar-refractivity contribution in [3.8, 4) is 0 Å². The number of nitrogens with zero attached hydrogens (tertiary/aromatic N) is 7. The van der Waals surface area contributed by atoms with Crippen LogP contribution < -0.4 is 33.3 Å². The summed E-state index contributed by atoms with van der Waals surface area (Å²) in [6.07, 6.45) is 101. The largest absolute Gasteiger partial charge is 0.398 e. The second-order valence-corrected chi connectivity index (χ2v) is 47.0. The molecule has 0 radical (unpaired) electrons. The minimum Gasteiger partial charge on any atom is -0.398 e. The van der Waals surface area contributed by atoms with E-state index in [1.165, 1.54) is 282 Å². The zero-order chi connectivity index (χ0) is 99.6. The monoisotopic (exact) mass is 2380 g/mol. The normalized spacial score (nSPS) is 19.8. The molecule has 0 spiro atoms. The van der Waals surface area contributed by atoms with Gasteiger partial charge in [-0.2, -0.15) is 20.4 Å². The van der Waals surface area contributed by atoms with Crippen molar-refractivity contribution in [3.05, 3.63) is 173 Å². The van der Waals surface area contributed by atoms with E-state index in [-0.39, 0.29) is 42.7 Å². The molecule has 0 bridgehead atoms. The Morgan fingerprint density at radius 3 is 1.02 bits per heavy atom. The Labute approximate surface area is 912 Å². The predicted octanol–water partition coefficient (Wildman–Crippen LogP) is 36.4. The number of H-pyrrole nitrogens is 2. The maximum Gasteiger partial charge on any atom is 0.276 e. The molecule has 8 aromatic rings. The quantitative estimate of drug-likeness (QED) is 0.0363. The molecular formula is C121H191Br2I2N11O4Pd. The summed E-state index contributed by atoms with van der Waals surface area (Å²) >= 11 is 10.9. The van der Waals surface area contributed by atoms with Crippen LogP contribution in [0.2, 0.25) is 0 Å². The molecule has 792 valence electrons. The molecule has 12 saturated carbocycles. The Morgan fingerprint density at radius 2 is 0.688 bits per heavy atom. The number of hydrogen-bond donors (Lipinski definition) is 4. The molecule has 5 N–H and O–H groups in total. The van der Waals surface area contributed by atoms with Crippen LogP contribution in [0.15, 0.2) is 144 Å².